The van der Waals surface area contributed by atoms with Crippen molar-refractivity contribution in [1.29, 1.82) is 0 Å². The molecule has 1 N–H and O–H groups in total. The first-order valence-corrected chi connectivity index (χ1v) is 19.9. The Bertz CT molecular complexity index is 2070. The minimum Gasteiger partial charge on any atom is -0.457 e. The third-order valence-electron chi connectivity index (χ3n) is 11.5. The SMILES string of the molecule is [B]NC(=O)CCCCN1C(=CC=C2CCCC(C=CC3=[N+](CCCCC)c4ccc(F)cc4C3(C)C)=C2Oc2ccc(C)cc2)C(C)(C)c2cc(F)ccc21. The number of fused-ring (bicyclic) bond motifs is 2. The summed E-state index contributed by atoms with van der Waals surface area (Å²) >= 11 is 0. The van der Waals surface area contributed by atoms with Crippen LogP contribution in [0.15, 0.2) is 108 Å². The molecule has 286 valence electrons. The van der Waals surface area contributed by atoms with E-state index in [-0.39, 0.29) is 23.0 Å². The first kappa shape index (κ1) is 40.0. The number of hydrogen-bond acceptors (Lipinski definition) is 3. The Kier molecular flexibility index (Phi) is 12.3. The lowest BCUT2D eigenvalue weighted by atomic mass is 9.81. The van der Waals surface area contributed by atoms with E-state index < -0.39 is 5.41 Å². The number of aryl methyl sites for hydroxylation is 1. The molecule has 0 aromatic heterocycles. The van der Waals surface area contributed by atoms with Gasteiger partial charge in [-0.1, -0.05) is 51.0 Å². The highest BCUT2D eigenvalue weighted by atomic mass is 19.1. The van der Waals surface area contributed by atoms with Crippen LogP contribution in [0.1, 0.15) is 109 Å². The van der Waals surface area contributed by atoms with E-state index in [0.717, 1.165) is 114 Å². The molecule has 0 bridgehead atoms. The monoisotopic (exact) mass is 742 g/mol. The van der Waals surface area contributed by atoms with Crippen molar-refractivity contribution in [2.75, 3.05) is 18.0 Å². The first-order chi connectivity index (χ1) is 26.3. The summed E-state index contributed by atoms with van der Waals surface area (Å²) < 4.78 is 38.5. The van der Waals surface area contributed by atoms with Gasteiger partial charge in [0.15, 0.2) is 5.71 Å². The van der Waals surface area contributed by atoms with Crippen LogP contribution >= 0.6 is 0 Å². The fourth-order valence-electron chi connectivity index (χ4n) is 8.36. The summed E-state index contributed by atoms with van der Waals surface area (Å²) in [5.41, 5.74) is 8.77. The van der Waals surface area contributed by atoms with E-state index >= 15 is 0 Å². The zero-order valence-electron chi connectivity index (χ0n) is 33.4. The zero-order valence-corrected chi connectivity index (χ0v) is 33.4. The Labute approximate surface area is 328 Å². The molecule has 2 aliphatic heterocycles. The predicted octanol–water partition coefficient (Wildman–Crippen LogP) is 10.9. The van der Waals surface area contributed by atoms with Crippen molar-refractivity contribution in [2.45, 2.75) is 110 Å². The number of unbranched alkanes of at least 4 members (excludes halogenated alkanes) is 3. The summed E-state index contributed by atoms with van der Waals surface area (Å²) in [7, 11) is 5.32. The van der Waals surface area contributed by atoms with Gasteiger partial charge < -0.3 is 14.9 Å². The standard InChI is InChI=1S/C47H55BF2N3O2/c1-7-8-10-28-52-40-24-20-35(49)30-38(40)46(3,4)42(52)26-18-33-13-12-14-34(45(33)55-37-22-16-32(2)17-23-37)19-27-43-47(5,6)39-31-36(50)21-25-41(39)53(43)29-11-9-15-44(54)51-48/h16-27,30-31H,7-15,28-29H2,1-6H3,(H,51,54)/q+1. The highest BCUT2D eigenvalue weighted by Gasteiger charge is 2.44. The second-order valence-electron chi connectivity index (χ2n) is 16.2. The number of amides is 1. The molecule has 3 aliphatic rings. The number of nitrogens with one attached hydrogen (secondary N) is 1. The Morgan fingerprint density at radius 2 is 1.62 bits per heavy atom. The number of allylic oxidation sites excluding steroid dienone is 7. The molecule has 1 aliphatic carbocycles. The molecule has 3 aromatic rings. The van der Waals surface area contributed by atoms with E-state index in [9.17, 15) is 13.6 Å². The van der Waals surface area contributed by atoms with E-state index in [4.69, 9.17) is 12.7 Å². The van der Waals surface area contributed by atoms with Crippen molar-refractivity contribution in [3.63, 3.8) is 0 Å². The summed E-state index contributed by atoms with van der Waals surface area (Å²) in [5, 5.41) is 2.22. The first-order valence-electron chi connectivity index (χ1n) is 19.9. The molecule has 2 radical (unpaired) electrons. The molecule has 0 saturated carbocycles. The van der Waals surface area contributed by atoms with Crippen LogP contribution in [0.5, 0.6) is 5.75 Å². The van der Waals surface area contributed by atoms with E-state index in [1.807, 2.05) is 24.3 Å². The molecule has 0 fully saturated rings. The second-order valence-corrected chi connectivity index (χ2v) is 16.2. The van der Waals surface area contributed by atoms with Gasteiger partial charge in [0, 0.05) is 53.9 Å². The lowest BCUT2D eigenvalue weighted by Crippen LogP contribution is -2.28. The fraction of sp³-hybridized carbons (Fsp3) is 0.404. The molecular weight excluding hydrogens is 687 g/mol. The molecule has 0 atom stereocenters. The Balaban J connectivity index is 1.42. The molecule has 0 unspecified atom stereocenters. The second kappa shape index (κ2) is 17.0. The summed E-state index contributed by atoms with van der Waals surface area (Å²) in [5.74, 6) is 0.968. The molecule has 6 rings (SSSR count). The topological polar surface area (TPSA) is 44.6 Å². The highest BCUT2D eigenvalue weighted by molar-refractivity contribution is 6.14. The van der Waals surface area contributed by atoms with Crippen LogP contribution in [-0.4, -0.2) is 37.3 Å². The van der Waals surface area contributed by atoms with Gasteiger partial charge in [0.25, 0.3) is 0 Å². The maximum atomic E-state index is 14.7. The third-order valence-corrected chi connectivity index (χ3v) is 11.5. The summed E-state index contributed by atoms with van der Waals surface area (Å²) in [6.45, 7) is 14.5. The van der Waals surface area contributed by atoms with Crippen LogP contribution in [0.2, 0.25) is 0 Å². The maximum Gasteiger partial charge on any atom is 0.226 e. The minimum atomic E-state index is -0.456. The van der Waals surface area contributed by atoms with Crippen molar-refractivity contribution in [2.24, 2.45) is 0 Å². The number of rotatable bonds is 14. The molecule has 5 nitrogen and oxygen atoms in total. The lowest BCUT2D eigenvalue weighted by molar-refractivity contribution is -0.438. The van der Waals surface area contributed by atoms with Crippen molar-refractivity contribution in [3.8, 4) is 5.75 Å². The molecule has 0 spiro atoms. The van der Waals surface area contributed by atoms with Gasteiger partial charge in [-0.05, 0) is 131 Å². The van der Waals surface area contributed by atoms with Crippen LogP contribution in [0.4, 0.5) is 20.2 Å². The maximum absolute atomic E-state index is 14.7. The molecule has 2 heterocycles. The number of carbonyl (C=O) groups excluding carboxylic acids is 1. The van der Waals surface area contributed by atoms with Crippen LogP contribution in [0.3, 0.4) is 0 Å². The van der Waals surface area contributed by atoms with Crippen molar-refractivity contribution in [3.05, 3.63) is 136 Å². The van der Waals surface area contributed by atoms with E-state index in [2.05, 4.69) is 92.7 Å². The summed E-state index contributed by atoms with van der Waals surface area (Å²) in [4.78, 5) is 14.1. The number of ether oxygens (including phenoxy) is 1. The number of hydrogen-bond donors (Lipinski definition) is 1. The molecule has 1 amide bonds. The molecule has 3 aromatic carbocycles. The van der Waals surface area contributed by atoms with Crippen LogP contribution in [0, 0.1) is 18.6 Å². The van der Waals surface area contributed by atoms with Gasteiger partial charge in [-0.25, -0.2) is 8.78 Å². The fourth-order valence-corrected chi connectivity index (χ4v) is 8.36. The average Bonchev–Trinajstić information content (AvgIpc) is 3.50. The van der Waals surface area contributed by atoms with Gasteiger partial charge in [-0.2, -0.15) is 4.58 Å². The number of carbonyl (C=O) groups is 1. The third kappa shape index (κ3) is 8.59. The quantitative estimate of drug-likeness (QED) is 0.102. The van der Waals surface area contributed by atoms with Gasteiger partial charge in [-0.15, -0.1) is 0 Å². The Morgan fingerprint density at radius 1 is 0.891 bits per heavy atom. The van der Waals surface area contributed by atoms with Crippen molar-refractivity contribution < 1.29 is 22.9 Å². The predicted molar refractivity (Wildman–Crippen MR) is 221 cm³/mol. The Hall–Kier alpha value is -4.72. The Morgan fingerprint density at radius 3 is 2.35 bits per heavy atom. The average molecular weight is 743 g/mol. The van der Waals surface area contributed by atoms with Crippen LogP contribution in [0.25, 0.3) is 0 Å². The van der Waals surface area contributed by atoms with Crippen LogP contribution in [-0.2, 0) is 15.6 Å². The minimum absolute atomic E-state index is 0.183. The van der Waals surface area contributed by atoms with Crippen molar-refractivity contribution >= 4 is 31.0 Å². The highest BCUT2D eigenvalue weighted by Crippen LogP contribution is 2.48. The number of nitrogens with zero attached hydrogens (tertiary/aromatic N) is 2. The van der Waals surface area contributed by atoms with E-state index in [1.165, 1.54) is 6.07 Å². The van der Waals surface area contributed by atoms with Gasteiger partial charge in [0.05, 0.1) is 5.41 Å². The summed E-state index contributed by atoms with van der Waals surface area (Å²) in [6.07, 6.45) is 16.6. The largest absolute Gasteiger partial charge is 0.457 e. The van der Waals surface area contributed by atoms with E-state index in [0.29, 0.717) is 19.4 Å². The number of benzene rings is 3. The zero-order chi connectivity index (χ0) is 39.3. The van der Waals surface area contributed by atoms with Gasteiger partial charge in [0.1, 0.15) is 29.7 Å². The molecule has 0 saturated heterocycles. The smallest absolute Gasteiger partial charge is 0.226 e. The molecular formula is C47H55BF2N3O2+. The van der Waals surface area contributed by atoms with Gasteiger partial charge >= 0.3 is 0 Å². The van der Waals surface area contributed by atoms with Crippen molar-refractivity contribution in [1.82, 2.24) is 5.23 Å². The number of anilines is 1. The van der Waals surface area contributed by atoms with E-state index in [1.54, 1.807) is 18.2 Å². The summed E-state index contributed by atoms with van der Waals surface area (Å²) in [6, 6.07) is 18.4. The number of halogens is 2. The van der Waals surface area contributed by atoms with Gasteiger partial charge in [0.2, 0.25) is 19.6 Å². The van der Waals surface area contributed by atoms with Gasteiger partial charge in [-0.3, -0.25) is 4.79 Å². The van der Waals surface area contributed by atoms with Crippen LogP contribution < -0.4 is 14.9 Å². The lowest BCUT2D eigenvalue weighted by Gasteiger charge is -2.27. The normalized spacial score (nSPS) is 18.8. The molecule has 8 heteroatoms. The molecule has 55 heavy (non-hydrogen) atoms.